The molecule has 0 saturated carbocycles. The van der Waals surface area contributed by atoms with E-state index in [0.29, 0.717) is 0 Å². The summed E-state index contributed by atoms with van der Waals surface area (Å²) in [6.45, 7) is 4.59. The molecular formula is C38H54O19. The van der Waals surface area contributed by atoms with Crippen LogP contribution in [0, 0.1) is 0 Å². The van der Waals surface area contributed by atoms with Crippen molar-refractivity contribution < 1.29 is 94.2 Å². The first kappa shape index (κ1) is 47.9. The van der Waals surface area contributed by atoms with Crippen molar-refractivity contribution in [1.82, 2.24) is 0 Å². The van der Waals surface area contributed by atoms with Crippen LogP contribution in [0.5, 0.6) is 0 Å². The van der Waals surface area contributed by atoms with E-state index in [-0.39, 0.29) is 11.1 Å². The normalized spacial score (nSPS) is 37.6. The Kier molecular flexibility index (Phi) is 19.0. The molecule has 3 heterocycles. The highest BCUT2D eigenvalue weighted by Crippen LogP contribution is 2.27. The van der Waals surface area contributed by atoms with E-state index in [4.69, 9.17) is 28.4 Å². The second kappa shape index (κ2) is 22.6. The number of allylic oxidation sites excluding steroid dienone is 12. The van der Waals surface area contributed by atoms with Crippen LogP contribution < -0.4 is 0 Å². The molecule has 15 atom stereocenters. The van der Waals surface area contributed by atoms with Gasteiger partial charge in [-0.25, -0.2) is 9.59 Å². The first-order valence-electron chi connectivity index (χ1n) is 18.0. The third kappa shape index (κ3) is 13.3. The fourth-order valence-electron chi connectivity index (χ4n) is 5.46. The molecule has 0 aromatic carbocycles. The maximum Gasteiger partial charge on any atom is 0.336 e. The summed E-state index contributed by atoms with van der Waals surface area (Å²) in [5.74, 6) is -1.75. The summed E-state index contributed by atoms with van der Waals surface area (Å²) in [6, 6.07) is 0. The summed E-state index contributed by atoms with van der Waals surface area (Å²) in [6.07, 6.45) is -7.55. The summed E-state index contributed by atoms with van der Waals surface area (Å²) in [5, 5.41) is 110. The van der Waals surface area contributed by atoms with Gasteiger partial charge in [0, 0.05) is 11.1 Å². The summed E-state index contributed by atoms with van der Waals surface area (Å²) < 4.78 is 31.6. The number of carbonyl (C=O) groups is 2. The fraction of sp³-hybridized carbons (Fsp3) is 0.579. The van der Waals surface area contributed by atoms with Crippen LogP contribution in [0.3, 0.4) is 0 Å². The highest BCUT2D eigenvalue weighted by atomic mass is 16.7. The van der Waals surface area contributed by atoms with Crippen LogP contribution in [-0.2, 0) is 38.0 Å². The van der Waals surface area contributed by atoms with Crippen molar-refractivity contribution in [3.63, 3.8) is 0 Å². The molecule has 0 unspecified atom stereocenters. The summed E-state index contributed by atoms with van der Waals surface area (Å²) in [5.41, 5.74) is 1.86. The Morgan fingerprint density at radius 1 is 0.474 bits per heavy atom. The molecule has 19 heteroatoms. The number of hydrogen-bond acceptors (Lipinski definition) is 19. The first-order valence-corrected chi connectivity index (χ1v) is 18.0. The van der Waals surface area contributed by atoms with Gasteiger partial charge in [0.05, 0.1) is 19.8 Å². The molecule has 19 nitrogen and oxygen atoms in total. The number of rotatable bonds is 15. The number of aliphatic hydroxyl groups excluding tert-OH is 11. The van der Waals surface area contributed by atoms with Gasteiger partial charge in [0.1, 0.15) is 73.2 Å². The van der Waals surface area contributed by atoms with E-state index in [2.05, 4.69) is 0 Å². The van der Waals surface area contributed by atoms with Crippen molar-refractivity contribution in [2.45, 2.75) is 120 Å². The van der Waals surface area contributed by atoms with Gasteiger partial charge in [-0.1, -0.05) is 71.9 Å². The van der Waals surface area contributed by atoms with E-state index >= 15 is 0 Å². The quantitative estimate of drug-likeness (QED) is 0.0445. The predicted octanol–water partition coefficient (Wildman–Crippen LogP) is -3.05. The monoisotopic (exact) mass is 814 g/mol. The number of carbonyl (C=O) groups excluding carboxylic acids is 2. The highest BCUT2D eigenvalue weighted by Gasteiger charge is 2.48. The largest absolute Gasteiger partial charge is 0.429 e. The van der Waals surface area contributed by atoms with Gasteiger partial charge < -0.3 is 84.6 Å². The average molecular weight is 815 g/mol. The van der Waals surface area contributed by atoms with Crippen LogP contribution in [0.1, 0.15) is 27.7 Å². The summed E-state index contributed by atoms with van der Waals surface area (Å²) in [4.78, 5) is 25.2. The zero-order valence-electron chi connectivity index (χ0n) is 31.7. The Morgan fingerprint density at radius 2 is 0.825 bits per heavy atom. The zero-order valence-corrected chi connectivity index (χ0v) is 31.7. The van der Waals surface area contributed by atoms with Crippen LogP contribution in [0.25, 0.3) is 0 Å². The third-order valence-electron chi connectivity index (χ3n) is 9.12. The van der Waals surface area contributed by atoms with E-state index in [9.17, 15) is 65.8 Å². The lowest BCUT2D eigenvalue weighted by molar-refractivity contribution is -0.326. The van der Waals surface area contributed by atoms with E-state index in [0.717, 1.165) is 11.1 Å². The minimum absolute atomic E-state index is 0.0944. The van der Waals surface area contributed by atoms with Crippen LogP contribution in [0.15, 0.2) is 83.1 Å². The minimum atomic E-state index is -1.83. The van der Waals surface area contributed by atoms with Crippen molar-refractivity contribution in [3.05, 3.63) is 83.1 Å². The van der Waals surface area contributed by atoms with Gasteiger partial charge in [0.15, 0.2) is 6.29 Å². The van der Waals surface area contributed by atoms with Crippen LogP contribution in [-0.4, -0.2) is 180 Å². The van der Waals surface area contributed by atoms with Crippen LogP contribution >= 0.6 is 0 Å². The van der Waals surface area contributed by atoms with Gasteiger partial charge in [0.25, 0.3) is 0 Å². The molecular weight excluding hydrogens is 760 g/mol. The molecule has 3 saturated heterocycles. The molecule has 0 aromatic rings. The lowest BCUT2D eigenvalue weighted by Crippen LogP contribution is -2.61. The average Bonchev–Trinajstić information content (AvgIpc) is 3.18. The van der Waals surface area contributed by atoms with E-state index in [1.807, 2.05) is 6.92 Å². The Labute approximate surface area is 328 Å². The van der Waals surface area contributed by atoms with Crippen molar-refractivity contribution in [3.8, 4) is 0 Å². The zero-order chi connectivity index (χ0) is 42.6. The second-order valence-electron chi connectivity index (χ2n) is 13.7. The van der Waals surface area contributed by atoms with Crippen LogP contribution in [0.4, 0.5) is 0 Å². The molecule has 0 aliphatic carbocycles. The molecule has 0 aromatic heterocycles. The standard InChI is InChI=1S/C38H54O19/c1-18(11-7-13-20(3)34(50)56-37-32(48)29(45)26(42)23(16-40)54-37)9-5-6-10-19(2)12-8-14-21(4)35(51)57-38-33(49)30(46)27(43)24(55-38)17-52-36-31(47)28(44)25(41)22(15-39)53-36/h5-14,22-33,36-49H,15-17H2,1-4H3/b6-5+,11-7+,12-8+,18-9+,19-10+,20-13+,21-14+/t22-,23-,24-,25-,26-,27-,28+,29+,30+,31-,32-,33-,36-,37+,38-/m1/s1. The topological polar surface area (TPSA) is 312 Å². The Balaban J connectivity index is 1.48. The second-order valence-corrected chi connectivity index (χ2v) is 13.7. The first-order chi connectivity index (χ1) is 26.9. The molecule has 3 fully saturated rings. The molecule has 11 N–H and O–H groups in total. The molecule has 0 spiro atoms. The minimum Gasteiger partial charge on any atom is -0.429 e. The van der Waals surface area contributed by atoms with E-state index in [1.54, 1.807) is 55.5 Å². The fourth-order valence-corrected chi connectivity index (χ4v) is 5.46. The van der Waals surface area contributed by atoms with Crippen LogP contribution in [0.2, 0.25) is 0 Å². The van der Waals surface area contributed by atoms with Gasteiger partial charge in [0.2, 0.25) is 12.6 Å². The smallest absolute Gasteiger partial charge is 0.336 e. The maximum absolute atomic E-state index is 12.7. The number of ether oxygens (including phenoxy) is 6. The molecule has 0 bridgehead atoms. The lowest BCUT2D eigenvalue weighted by atomic mass is 9.98. The van der Waals surface area contributed by atoms with Gasteiger partial charge >= 0.3 is 11.9 Å². The van der Waals surface area contributed by atoms with Gasteiger partial charge in [-0.15, -0.1) is 0 Å². The number of aliphatic hydroxyl groups is 11. The number of hydrogen-bond donors (Lipinski definition) is 11. The number of esters is 2. The predicted molar refractivity (Wildman–Crippen MR) is 195 cm³/mol. The van der Waals surface area contributed by atoms with E-state index in [1.165, 1.54) is 26.0 Å². The third-order valence-corrected chi connectivity index (χ3v) is 9.12. The Hall–Kier alpha value is -3.48. The summed E-state index contributed by atoms with van der Waals surface area (Å²) in [7, 11) is 0. The van der Waals surface area contributed by atoms with Gasteiger partial charge in [-0.05, 0) is 27.7 Å². The molecule has 57 heavy (non-hydrogen) atoms. The molecule has 320 valence electrons. The summed E-state index contributed by atoms with van der Waals surface area (Å²) >= 11 is 0. The molecule has 3 aliphatic heterocycles. The van der Waals surface area contributed by atoms with Gasteiger partial charge in [-0.3, -0.25) is 0 Å². The van der Waals surface area contributed by atoms with Crippen molar-refractivity contribution in [2.24, 2.45) is 0 Å². The molecule has 3 aliphatic rings. The molecule has 0 radical (unpaired) electrons. The molecule has 3 rings (SSSR count). The Morgan fingerprint density at radius 3 is 1.23 bits per heavy atom. The van der Waals surface area contributed by atoms with Gasteiger partial charge in [-0.2, -0.15) is 0 Å². The van der Waals surface area contributed by atoms with Crippen molar-refractivity contribution >= 4 is 11.9 Å². The SMILES string of the molecule is CC(/C=C/C=C(\C)C(=O)O[C@@H]1O[C@H](CO)[C@@H](O)[C@H](O)[C@H]1O)=C\C=C\C=C(C)\C=C\C=C(/C)C(=O)O[C@H]1O[C@H](CO[C@@H]2O[C@H](CO)[C@@H](O)[C@H](O)[C@H]2O)[C@@H](O)[C@H](O)[C@H]1O. The van der Waals surface area contributed by atoms with Crippen molar-refractivity contribution in [1.29, 1.82) is 0 Å². The molecule has 0 amide bonds. The Bertz CT molecular complexity index is 1550. The maximum atomic E-state index is 12.7. The van der Waals surface area contributed by atoms with Crippen molar-refractivity contribution in [2.75, 3.05) is 19.8 Å². The highest BCUT2D eigenvalue weighted by molar-refractivity contribution is 5.88. The van der Waals surface area contributed by atoms with E-state index < -0.39 is 124 Å². The lowest BCUT2D eigenvalue weighted by Gasteiger charge is -2.42.